The van der Waals surface area contributed by atoms with E-state index in [2.05, 4.69) is 64.0 Å². The van der Waals surface area contributed by atoms with E-state index in [1.165, 1.54) is 16.7 Å². The molecule has 5 rings (SSSR count). The van der Waals surface area contributed by atoms with Gasteiger partial charge in [-0.05, 0) is 67.5 Å². The zero-order valence-electron chi connectivity index (χ0n) is 20.0. The van der Waals surface area contributed by atoms with Crippen molar-refractivity contribution in [2.24, 2.45) is 0 Å². The maximum atomic E-state index is 9.54. The van der Waals surface area contributed by atoms with E-state index in [-0.39, 0.29) is 6.10 Å². The van der Waals surface area contributed by atoms with Gasteiger partial charge in [-0.1, -0.05) is 53.7 Å². The standard InChI is InChI=1S/C29H28N4O2/c1-19(2)34-27-14-12-21(15-23(27)16-30)29-32-28(33-35-29)26-10-6-9-24-22(11-13-25(24)26)18-31-17-20-7-4-3-5-8-20/h3-10,12,14-15,19,22,31H,11,13,17-18H2,1-2H3/t22-/m1/s1. The van der Waals surface area contributed by atoms with Crippen molar-refractivity contribution in [1.29, 1.82) is 5.26 Å². The van der Waals surface area contributed by atoms with Gasteiger partial charge in [-0.2, -0.15) is 10.2 Å². The van der Waals surface area contributed by atoms with Crippen LogP contribution in [0.1, 0.15) is 48.4 Å². The van der Waals surface area contributed by atoms with Crippen LogP contribution < -0.4 is 10.1 Å². The molecule has 6 heteroatoms. The summed E-state index contributed by atoms with van der Waals surface area (Å²) in [6.07, 6.45) is 2.08. The minimum Gasteiger partial charge on any atom is -0.490 e. The number of rotatable bonds is 8. The highest BCUT2D eigenvalue weighted by atomic mass is 16.5. The van der Waals surface area contributed by atoms with Gasteiger partial charge < -0.3 is 14.6 Å². The Labute approximate surface area is 205 Å². The molecule has 0 bridgehead atoms. The highest BCUT2D eigenvalue weighted by molar-refractivity contribution is 5.67. The van der Waals surface area contributed by atoms with Crippen molar-refractivity contribution < 1.29 is 9.26 Å². The van der Waals surface area contributed by atoms with Crippen LogP contribution in [-0.2, 0) is 13.0 Å². The first-order chi connectivity index (χ1) is 17.1. The molecular formula is C29H28N4O2. The zero-order chi connectivity index (χ0) is 24.2. The van der Waals surface area contributed by atoms with Crippen LogP contribution in [0.3, 0.4) is 0 Å². The molecule has 6 nitrogen and oxygen atoms in total. The van der Waals surface area contributed by atoms with Crippen molar-refractivity contribution in [2.75, 3.05) is 6.54 Å². The minimum absolute atomic E-state index is 0.0134. The maximum absolute atomic E-state index is 9.54. The molecule has 0 radical (unpaired) electrons. The normalized spacial score (nSPS) is 14.6. The lowest BCUT2D eigenvalue weighted by atomic mass is 9.98. The van der Waals surface area contributed by atoms with E-state index in [9.17, 15) is 5.26 Å². The first-order valence-corrected chi connectivity index (χ1v) is 12.0. The molecule has 4 aromatic rings. The van der Waals surface area contributed by atoms with Gasteiger partial charge in [0.05, 0.1) is 11.7 Å². The molecule has 0 spiro atoms. The van der Waals surface area contributed by atoms with Crippen LogP contribution >= 0.6 is 0 Å². The Hall–Kier alpha value is -3.95. The molecule has 0 fully saturated rings. The molecule has 1 aliphatic carbocycles. The average Bonchev–Trinajstić information content (AvgIpc) is 3.52. The Morgan fingerprint density at radius 1 is 1.11 bits per heavy atom. The first-order valence-electron chi connectivity index (χ1n) is 12.0. The summed E-state index contributed by atoms with van der Waals surface area (Å²) in [7, 11) is 0. The Bertz CT molecular complexity index is 1350. The van der Waals surface area contributed by atoms with Crippen LogP contribution in [0, 0.1) is 11.3 Å². The second kappa shape index (κ2) is 10.1. The van der Waals surface area contributed by atoms with Crippen LogP contribution in [-0.4, -0.2) is 22.8 Å². The highest BCUT2D eigenvalue weighted by Crippen LogP contribution is 2.38. The summed E-state index contributed by atoms with van der Waals surface area (Å²) in [6.45, 7) is 5.67. The molecule has 3 aromatic carbocycles. The fourth-order valence-corrected chi connectivity index (χ4v) is 4.71. The molecular weight excluding hydrogens is 436 g/mol. The lowest BCUT2D eigenvalue weighted by Crippen LogP contribution is -2.19. The van der Waals surface area contributed by atoms with Crippen LogP contribution in [0.2, 0.25) is 0 Å². The first kappa shape index (κ1) is 22.8. The number of hydrogen-bond acceptors (Lipinski definition) is 6. The third-order valence-electron chi connectivity index (χ3n) is 6.33. The van der Waals surface area contributed by atoms with Gasteiger partial charge in [0, 0.05) is 24.2 Å². The number of benzene rings is 3. The number of aromatic nitrogens is 2. The van der Waals surface area contributed by atoms with Gasteiger partial charge in [0.2, 0.25) is 5.82 Å². The smallest absolute Gasteiger partial charge is 0.258 e. The summed E-state index contributed by atoms with van der Waals surface area (Å²) in [5.74, 6) is 1.99. The SMILES string of the molecule is CC(C)Oc1ccc(-c2nc(-c3cccc4c3CC[C@@H]4CNCc3ccccc3)no2)cc1C#N. The van der Waals surface area contributed by atoms with Gasteiger partial charge in [0.1, 0.15) is 11.8 Å². The fourth-order valence-electron chi connectivity index (χ4n) is 4.71. The van der Waals surface area contributed by atoms with Gasteiger partial charge in [0.25, 0.3) is 5.89 Å². The summed E-state index contributed by atoms with van der Waals surface area (Å²) in [4.78, 5) is 4.68. The highest BCUT2D eigenvalue weighted by Gasteiger charge is 2.26. The second-order valence-electron chi connectivity index (χ2n) is 9.14. The number of fused-ring (bicyclic) bond motifs is 1. The molecule has 0 aliphatic heterocycles. The van der Waals surface area contributed by atoms with E-state index in [0.29, 0.717) is 34.5 Å². The van der Waals surface area contributed by atoms with E-state index in [1.54, 1.807) is 12.1 Å². The lowest BCUT2D eigenvalue weighted by molar-refractivity contribution is 0.241. The Balaban J connectivity index is 1.34. The summed E-state index contributed by atoms with van der Waals surface area (Å²) in [6, 6.07) is 24.4. The molecule has 1 N–H and O–H groups in total. The second-order valence-corrected chi connectivity index (χ2v) is 9.14. The predicted octanol–water partition coefficient (Wildman–Crippen LogP) is 5.88. The topological polar surface area (TPSA) is 84.0 Å². The zero-order valence-corrected chi connectivity index (χ0v) is 20.0. The van der Waals surface area contributed by atoms with E-state index in [1.807, 2.05) is 26.0 Å². The third kappa shape index (κ3) is 4.96. The van der Waals surface area contributed by atoms with Gasteiger partial charge >= 0.3 is 0 Å². The quantitative estimate of drug-likeness (QED) is 0.350. The Kier molecular flexibility index (Phi) is 6.60. The van der Waals surface area contributed by atoms with Crippen LogP contribution in [0.25, 0.3) is 22.8 Å². The van der Waals surface area contributed by atoms with Crippen LogP contribution in [0.4, 0.5) is 0 Å². The largest absolute Gasteiger partial charge is 0.490 e. The van der Waals surface area contributed by atoms with Gasteiger partial charge in [0.15, 0.2) is 0 Å². The molecule has 1 atom stereocenters. The fraction of sp³-hybridized carbons (Fsp3) is 0.276. The number of nitrogens with one attached hydrogen (secondary N) is 1. The third-order valence-corrected chi connectivity index (χ3v) is 6.33. The molecule has 0 amide bonds. The van der Waals surface area contributed by atoms with E-state index >= 15 is 0 Å². The van der Waals surface area contributed by atoms with E-state index < -0.39 is 0 Å². The molecule has 35 heavy (non-hydrogen) atoms. The Morgan fingerprint density at radius 2 is 1.97 bits per heavy atom. The molecule has 0 unspecified atom stereocenters. The maximum Gasteiger partial charge on any atom is 0.258 e. The molecule has 1 heterocycles. The molecule has 1 aliphatic rings. The summed E-state index contributed by atoms with van der Waals surface area (Å²) in [5, 5.41) is 17.4. The molecule has 0 saturated carbocycles. The van der Waals surface area contributed by atoms with Crippen molar-refractivity contribution in [3.63, 3.8) is 0 Å². The lowest BCUT2D eigenvalue weighted by Gasteiger charge is -2.13. The Morgan fingerprint density at radius 3 is 2.77 bits per heavy atom. The van der Waals surface area contributed by atoms with Crippen molar-refractivity contribution in [3.05, 3.63) is 89.0 Å². The van der Waals surface area contributed by atoms with Crippen LogP contribution in [0.5, 0.6) is 5.75 Å². The van der Waals surface area contributed by atoms with Crippen molar-refractivity contribution in [3.8, 4) is 34.7 Å². The number of nitrogens with zero attached hydrogens (tertiary/aromatic N) is 3. The summed E-state index contributed by atoms with van der Waals surface area (Å²) < 4.78 is 11.3. The van der Waals surface area contributed by atoms with Gasteiger partial charge in [-0.3, -0.25) is 0 Å². The number of hydrogen-bond donors (Lipinski definition) is 1. The molecule has 1 aromatic heterocycles. The van der Waals surface area contributed by atoms with Gasteiger partial charge in [-0.25, -0.2) is 0 Å². The van der Waals surface area contributed by atoms with Crippen LogP contribution in [0.15, 0.2) is 71.3 Å². The monoisotopic (exact) mass is 464 g/mol. The van der Waals surface area contributed by atoms with E-state index in [4.69, 9.17) is 9.26 Å². The van der Waals surface area contributed by atoms with Crippen molar-refractivity contribution in [1.82, 2.24) is 15.5 Å². The van der Waals surface area contributed by atoms with Gasteiger partial charge in [-0.15, -0.1) is 0 Å². The number of ether oxygens (including phenoxy) is 1. The average molecular weight is 465 g/mol. The summed E-state index contributed by atoms with van der Waals surface area (Å²) >= 11 is 0. The molecule has 176 valence electrons. The van der Waals surface area contributed by atoms with E-state index in [0.717, 1.165) is 31.5 Å². The molecule has 0 saturated heterocycles. The number of nitriles is 1. The van der Waals surface area contributed by atoms with Crippen molar-refractivity contribution in [2.45, 2.75) is 45.3 Å². The minimum atomic E-state index is -0.0134. The summed E-state index contributed by atoms with van der Waals surface area (Å²) in [5.41, 5.74) is 6.11. The predicted molar refractivity (Wildman–Crippen MR) is 135 cm³/mol. The van der Waals surface area contributed by atoms with Crippen molar-refractivity contribution >= 4 is 0 Å².